The first-order chi connectivity index (χ1) is 12.0. The molecule has 4 nitrogen and oxygen atoms in total. The van der Waals surface area contributed by atoms with Gasteiger partial charge in [-0.25, -0.2) is 4.39 Å². The fourth-order valence-electron chi connectivity index (χ4n) is 3.46. The average Bonchev–Trinajstić information content (AvgIpc) is 3.11. The van der Waals surface area contributed by atoms with E-state index in [4.69, 9.17) is 10.5 Å². The third kappa shape index (κ3) is 3.40. The Balaban J connectivity index is 1.76. The first-order valence-electron chi connectivity index (χ1n) is 8.34. The first kappa shape index (κ1) is 17.1. The van der Waals surface area contributed by atoms with Crippen LogP contribution < -0.4 is 5.73 Å². The van der Waals surface area contributed by atoms with Crippen molar-refractivity contribution in [1.29, 1.82) is 0 Å². The molecule has 25 heavy (non-hydrogen) atoms. The summed E-state index contributed by atoms with van der Waals surface area (Å²) in [4.78, 5) is 23.9. The van der Waals surface area contributed by atoms with Crippen LogP contribution >= 0.6 is 0 Å². The van der Waals surface area contributed by atoms with Gasteiger partial charge in [0, 0.05) is 11.1 Å². The maximum Gasteiger partial charge on any atom is 0.317 e. The van der Waals surface area contributed by atoms with Crippen LogP contribution in [0.2, 0.25) is 0 Å². The molecule has 5 heteroatoms. The molecular formula is C20H20FNO3. The van der Waals surface area contributed by atoms with E-state index in [-0.39, 0.29) is 12.4 Å². The molecule has 0 radical (unpaired) electrons. The molecule has 2 aromatic rings. The number of rotatable bonds is 5. The minimum absolute atomic E-state index is 0.0775. The van der Waals surface area contributed by atoms with Crippen LogP contribution in [0.4, 0.5) is 4.39 Å². The van der Waals surface area contributed by atoms with Crippen molar-refractivity contribution in [2.24, 2.45) is 5.73 Å². The standard InChI is InChI=1S/C20H20FNO3/c21-17-6-2-1-5-16(17)20(11-3-4-12-20)19(24)25-13-14-7-9-15(10-8-14)18(22)23/h1-2,5-10H,3-4,11-13H2,(H2,22,23). The number of nitrogens with two attached hydrogens (primary N) is 1. The Labute approximate surface area is 145 Å². The summed E-state index contributed by atoms with van der Waals surface area (Å²) in [6.45, 7) is 0.0775. The van der Waals surface area contributed by atoms with E-state index in [0.717, 1.165) is 18.4 Å². The van der Waals surface area contributed by atoms with E-state index in [1.54, 1.807) is 42.5 Å². The largest absolute Gasteiger partial charge is 0.460 e. The number of esters is 1. The summed E-state index contributed by atoms with van der Waals surface area (Å²) >= 11 is 0. The second-order valence-corrected chi connectivity index (χ2v) is 6.41. The maximum absolute atomic E-state index is 14.3. The Hall–Kier alpha value is -2.69. The predicted octanol–water partition coefficient (Wildman–Crippen LogP) is 3.48. The molecule has 1 saturated carbocycles. The smallest absolute Gasteiger partial charge is 0.317 e. The fraction of sp³-hybridized carbons (Fsp3) is 0.300. The topological polar surface area (TPSA) is 69.4 Å². The van der Waals surface area contributed by atoms with Crippen molar-refractivity contribution in [3.8, 4) is 0 Å². The number of carbonyl (C=O) groups excluding carboxylic acids is 2. The molecule has 0 heterocycles. The molecular weight excluding hydrogens is 321 g/mol. The van der Waals surface area contributed by atoms with Crippen LogP contribution in [-0.2, 0) is 21.6 Å². The highest BCUT2D eigenvalue weighted by Crippen LogP contribution is 2.43. The molecule has 1 amide bonds. The van der Waals surface area contributed by atoms with Crippen molar-refractivity contribution < 1.29 is 18.7 Å². The van der Waals surface area contributed by atoms with Crippen molar-refractivity contribution in [2.75, 3.05) is 0 Å². The number of carbonyl (C=O) groups is 2. The van der Waals surface area contributed by atoms with Gasteiger partial charge in [0.25, 0.3) is 0 Å². The number of primary amides is 1. The quantitative estimate of drug-likeness (QED) is 0.847. The lowest BCUT2D eigenvalue weighted by atomic mass is 9.78. The summed E-state index contributed by atoms with van der Waals surface area (Å²) in [6, 6.07) is 13.0. The molecule has 0 spiro atoms. The van der Waals surface area contributed by atoms with Crippen LogP contribution in [0.3, 0.4) is 0 Å². The maximum atomic E-state index is 14.3. The second kappa shape index (κ2) is 7.05. The van der Waals surface area contributed by atoms with Gasteiger partial charge in [-0.1, -0.05) is 43.2 Å². The van der Waals surface area contributed by atoms with E-state index >= 15 is 0 Å². The summed E-state index contributed by atoms with van der Waals surface area (Å²) in [5.41, 5.74) is 5.87. The van der Waals surface area contributed by atoms with Gasteiger partial charge in [-0.15, -0.1) is 0 Å². The van der Waals surface area contributed by atoms with Crippen molar-refractivity contribution in [3.63, 3.8) is 0 Å². The number of halogens is 1. The summed E-state index contributed by atoms with van der Waals surface area (Å²) in [6.07, 6.45) is 2.92. The Kier molecular flexibility index (Phi) is 4.83. The molecule has 3 rings (SSSR count). The van der Waals surface area contributed by atoms with Crippen LogP contribution in [0.1, 0.15) is 47.2 Å². The van der Waals surface area contributed by atoms with Gasteiger partial charge in [-0.3, -0.25) is 9.59 Å². The van der Waals surface area contributed by atoms with Crippen molar-refractivity contribution in [2.45, 2.75) is 37.7 Å². The van der Waals surface area contributed by atoms with Crippen molar-refractivity contribution in [1.82, 2.24) is 0 Å². The monoisotopic (exact) mass is 341 g/mol. The Morgan fingerprint density at radius 2 is 1.68 bits per heavy atom. The van der Waals surface area contributed by atoms with Crippen molar-refractivity contribution in [3.05, 3.63) is 71.0 Å². The van der Waals surface area contributed by atoms with Crippen LogP contribution in [0.15, 0.2) is 48.5 Å². The molecule has 0 aliphatic heterocycles. The Bertz CT molecular complexity index is 780. The summed E-state index contributed by atoms with van der Waals surface area (Å²) < 4.78 is 19.8. The molecule has 1 fully saturated rings. The van der Waals surface area contributed by atoms with Gasteiger partial charge >= 0.3 is 5.97 Å². The molecule has 0 atom stereocenters. The van der Waals surface area contributed by atoms with Crippen molar-refractivity contribution >= 4 is 11.9 Å². The SMILES string of the molecule is NC(=O)c1ccc(COC(=O)C2(c3ccccc3F)CCCC2)cc1. The van der Waals surface area contributed by atoms with Gasteiger partial charge in [-0.2, -0.15) is 0 Å². The van der Waals surface area contributed by atoms with Gasteiger partial charge in [0.05, 0.1) is 5.41 Å². The normalized spacial score (nSPS) is 15.7. The van der Waals surface area contributed by atoms with E-state index in [1.807, 2.05) is 0 Å². The van der Waals surface area contributed by atoms with Gasteiger partial charge in [-0.05, 0) is 36.6 Å². The highest BCUT2D eigenvalue weighted by atomic mass is 19.1. The van der Waals surface area contributed by atoms with E-state index in [1.165, 1.54) is 6.07 Å². The van der Waals surface area contributed by atoms with Crippen LogP contribution in [-0.4, -0.2) is 11.9 Å². The molecule has 2 aromatic carbocycles. The summed E-state index contributed by atoms with van der Waals surface area (Å²) in [5.74, 6) is -1.27. The Morgan fingerprint density at radius 3 is 2.28 bits per heavy atom. The minimum atomic E-state index is -0.904. The molecule has 2 N–H and O–H groups in total. The van der Waals surface area contributed by atoms with Gasteiger partial charge in [0.15, 0.2) is 0 Å². The molecule has 130 valence electrons. The lowest BCUT2D eigenvalue weighted by molar-refractivity contribution is -0.152. The first-order valence-corrected chi connectivity index (χ1v) is 8.34. The zero-order valence-corrected chi connectivity index (χ0v) is 13.8. The third-order valence-electron chi connectivity index (χ3n) is 4.85. The average molecular weight is 341 g/mol. The summed E-state index contributed by atoms with van der Waals surface area (Å²) in [7, 11) is 0. The molecule has 0 aromatic heterocycles. The Morgan fingerprint density at radius 1 is 1.04 bits per heavy atom. The number of amides is 1. The summed E-state index contributed by atoms with van der Waals surface area (Å²) in [5, 5.41) is 0. The van der Waals surface area contributed by atoms with Gasteiger partial charge in [0.2, 0.25) is 5.91 Å². The second-order valence-electron chi connectivity index (χ2n) is 6.41. The van der Waals surface area contributed by atoms with E-state index in [2.05, 4.69) is 0 Å². The van der Waals surface area contributed by atoms with E-state index in [9.17, 15) is 14.0 Å². The number of benzene rings is 2. The number of hydrogen-bond donors (Lipinski definition) is 1. The lowest BCUT2D eigenvalue weighted by Crippen LogP contribution is -2.35. The van der Waals surface area contributed by atoms with Crippen LogP contribution in [0.5, 0.6) is 0 Å². The molecule has 0 bridgehead atoms. The zero-order valence-electron chi connectivity index (χ0n) is 13.8. The molecule has 0 saturated heterocycles. The number of ether oxygens (including phenoxy) is 1. The third-order valence-corrected chi connectivity index (χ3v) is 4.85. The van der Waals surface area contributed by atoms with Crippen LogP contribution in [0, 0.1) is 5.82 Å². The molecule has 1 aliphatic carbocycles. The molecule has 1 aliphatic rings. The van der Waals surface area contributed by atoms with Gasteiger partial charge < -0.3 is 10.5 Å². The lowest BCUT2D eigenvalue weighted by Gasteiger charge is -2.27. The van der Waals surface area contributed by atoms with E-state index in [0.29, 0.717) is 24.0 Å². The zero-order chi connectivity index (χ0) is 17.9. The predicted molar refractivity (Wildman–Crippen MR) is 91.3 cm³/mol. The van der Waals surface area contributed by atoms with E-state index < -0.39 is 17.3 Å². The molecule has 0 unspecified atom stereocenters. The fourth-order valence-corrected chi connectivity index (χ4v) is 3.46. The highest BCUT2D eigenvalue weighted by Gasteiger charge is 2.45. The van der Waals surface area contributed by atoms with Crippen LogP contribution in [0.25, 0.3) is 0 Å². The minimum Gasteiger partial charge on any atom is -0.460 e. The highest BCUT2D eigenvalue weighted by molar-refractivity contribution is 5.92. The number of hydrogen-bond acceptors (Lipinski definition) is 3. The van der Waals surface area contributed by atoms with Gasteiger partial charge in [0.1, 0.15) is 12.4 Å².